The van der Waals surface area contributed by atoms with Crippen LogP contribution in [0, 0.1) is 5.82 Å². The Labute approximate surface area is 117 Å². The molecule has 0 aliphatic carbocycles. The van der Waals surface area contributed by atoms with E-state index in [1.54, 1.807) is 16.7 Å². The van der Waals surface area contributed by atoms with Crippen LogP contribution in [0.25, 0.3) is 0 Å². The maximum absolute atomic E-state index is 13.7. The third-order valence-electron chi connectivity index (χ3n) is 2.52. The molecule has 1 aromatic rings. The summed E-state index contributed by atoms with van der Waals surface area (Å²) in [4.78, 5) is 13.8. The highest BCUT2D eigenvalue weighted by Crippen LogP contribution is 2.26. The number of thioether (sulfide) groups is 1. The summed E-state index contributed by atoms with van der Waals surface area (Å²) in [6, 6.07) is 2.80. The molecule has 1 aliphatic rings. The van der Waals surface area contributed by atoms with E-state index in [1.165, 1.54) is 12.1 Å². The maximum atomic E-state index is 13.7. The summed E-state index contributed by atoms with van der Waals surface area (Å²) >= 11 is 10.9. The molecule has 0 atom stereocenters. The quantitative estimate of drug-likeness (QED) is 0.782. The lowest BCUT2D eigenvalue weighted by molar-refractivity contribution is 0.0768. The molecule has 2 nitrogen and oxygen atoms in total. The van der Waals surface area contributed by atoms with Crippen molar-refractivity contribution in [3.63, 3.8) is 0 Å². The van der Waals surface area contributed by atoms with Crippen molar-refractivity contribution >= 4 is 45.2 Å². The van der Waals surface area contributed by atoms with E-state index in [1.807, 2.05) is 0 Å². The Morgan fingerprint density at radius 1 is 1.41 bits per heavy atom. The number of amides is 1. The van der Waals surface area contributed by atoms with Crippen molar-refractivity contribution < 1.29 is 9.18 Å². The predicted molar refractivity (Wildman–Crippen MR) is 72.3 cm³/mol. The molecule has 0 aromatic heterocycles. The Morgan fingerprint density at radius 3 is 2.65 bits per heavy atom. The number of hydrogen-bond donors (Lipinski definition) is 0. The summed E-state index contributed by atoms with van der Waals surface area (Å²) in [6.07, 6.45) is 0. The number of hydrogen-bond acceptors (Lipinski definition) is 2. The van der Waals surface area contributed by atoms with Gasteiger partial charge in [0.2, 0.25) is 0 Å². The van der Waals surface area contributed by atoms with Gasteiger partial charge >= 0.3 is 0 Å². The number of rotatable bonds is 1. The van der Waals surface area contributed by atoms with E-state index in [9.17, 15) is 9.18 Å². The van der Waals surface area contributed by atoms with Gasteiger partial charge in [0.05, 0.1) is 10.6 Å². The zero-order valence-electron chi connectivity index (χ0n) is 8.88. The lowest BCUT2D eigenvalue weighted by Crippen LogP contribution is -2.38. The maximum Gasteiger partial charge on any atom is 0.258 e. The van der Waals surface area contributed by atoms with E-state index in [0.717, 1.165) is 11.5 Å². The molecular weight excluding hydrogens is 329 g/mol. The fourth-order valence-electron chi connectivity index (χ4n) is 1.67. The van der Waals surface area contributed by atoms with Crippen LogP contribution in [0.5, 0.6) is 0 Å². The summed E-state index contributed by atoms with van der Waals surface area (Å²) in [7, 11) is 0. The molecule has 6 heteroatoms. The van der Waals surface area contributed by atoms with Gasteiger partial charge in [0.25, 0.3) is 5.91 Å². The first-order valence-electron chi connectivity index (χ1n) is 5.11. The topological polar surface area (TPSA) is 20.3 Å². The molecule has 0 saturated carbocycles. The molecule has 1 aromatic carbocycles. The van der Waals surface area contributed by atoms with Crippen LogP contribution < -0.4 is 0 Å². The largest absolute Gasteiger partial charge is 0.337 e. The van der Waals surface area contributed by atoms with Gasteiger partial charge in [-0.3, -0.25) is 4.79 Å². The number of benzene rings is 1. The van der Waals surface area contributed by atoms with E-state index in [-0.39, 0.29) is 16.5 Å². The Kier molecular flexibility index (Phi) is 4.33. The molecule has 0 N–H and O–H groups in total. The molecule has 1 aliphatic heterocycles. The van der Waals surface area contributed by atoms with E-state index < -0.39 is 5.82 Å². The van der Waals surface area contributed by atoms with Gasteiger partial charge in [-0.25, -0.2) is 4.39 Å². The number of carbonyl (C=O) groups excluding carboxylic acids is 1. The van der Waals surface area contributed by atoms with Crippen molar-refractivity contribution in [3.8, 4) is 0 Å². The van der Waals surface area contributed by atoms with Crippen LogP contribution in [0.3, 0.4) is 0 Å². The second-order valence-corrected chi connectivity index (χ2v) is 6.20. The van der Waals surface area contributed by atoms with Gasteiger partial charge in [-0.05, 0) is 12.1 Å². The summed E-state index contributed by atoms with van der Waals surface area (Å²) in [5.41, 5.74) is -0.0261. The molecule has 0 radical (unpaired) electrons. The number of halogens is 3. The van der Waals surface area contributed by atoms with Crippen molar-refractivity contribution in [3.05, 3.63) is 33.0 Å². The fraction of sp³-hybridized carbons (Fsp3) is 0.364. The van der Waals surface area contributed by atoms with Gasteiger partial charge in [0.15, 0.2) is 0 Å². The van der Waals surface area contributed by atoms with Gasteiger partial charge in [0.1, 0.15) is 5.82 Å². The van der Waals surface area contributed by atoms with E-state index in [0.29, 0.717) is 17.6 Å². The molecule has 2 rings (SSSR count). The summed E-state index contributed by atoms with van der Waals surface area (Å²) < 4.78 is 14.3. The average molecular weight is 339 g/mol. The SMILES string of the molecule is O=C(c1c(F)cc(Br)cc1Cl)N1CCSCC1. The van der Waals surface area contributed by atoms with Gasteiger partial charge < -0.3 is 4.90 Å². The monoisotopic (exact) mass is 337 g/mol. The minimum Gasteiger partial charge on any atom is -0.337 e. The van der Waals surface area contributed by atoms with Crippen LogP contribution in [-0.2, 0) is 0 Å². The second kappa shape index (κ2) is 5.59. The summed E-state index contributed by atoms with van der Waals surface area (Å²) in [5.74, 6) is 0.885. The molecular formula is C11H10BrClFNOS. The molecule has 92 valence electrons. The van der Waals surface area contributed by atoms with Crippen molar-refractivity contribution in [2.24, 2.45) is 0 Å². The molecule has 1 saturated heterocycles. The predicted octanol–water partition coefficient (Wildman–Crippen LogP) is 3.43. The second-order valence-electron chi connectivity index (χ2n) is 3.65. The van der Waals surface area contributed by atoms with Crippen LogP contribution in [0.1, 0.15) is 10.4 Å². The molecule has 0 spiro atoms. The van der Waals surface area contributed by atoms with Gasteiger partial charge in [-0.1, -0.05) is 27.5 Å². The summed E-state index contributed by atoms with van der Waals surface area (Å²) in [6.45, 7) is 1.30. The minimum atomic E-state index is -0.576. The third kappa shape index (κ3) is 2.95. The van der Waals surface area contributed by atoms with Crippen LogP contribution in [-0.4, -0.2) is 35.4 Å². The normalized spacial score (nSPS) is 16.1. The van der Waals surface area contributed by atoms with Gasteiger partial charge in [-0.2, -0.15) is 11.8 Å². The molecule has 1 heterocycles. The van der Waals surface area contributed by atoms with Crippen molar-refractivity contribution in [2.75, 3.05) is 24.6 Å². The van der Waals surface area contributed by atoms with Crippen molar-refractivity contribution in [1.29, 1.82) is 0 Å². The Bertz CT molecular complexity index is 428. The zero-order chi connectivity index (χ0) is 12.4. The Balaban J connectivity index is 2.30. The van der Waals surface area contributed by atoms with Gasteiger partial charge in [-0.15, -0.1) is 0 Å². The summed E-state index contributed by atoms with van der Waals surface area (Å²) in [5, 5.41) is 0.153. The molecule has 17 heavy (non-hydrogen) atoms. The minimum absolute atomic E-state index is 0.0261. The standard InChI is InChI=1S/C11H10BrClFNOS/c12-7-5-8(13)10(9(14)6-7)11(16)15-1-3-17-4-2-15/h5-6H,1-4H2. The third-order valence-corrected chi connectivity index (χ3v) is 4.22. The molecule has 1 fully saturated rings. The molecule has 0 bridgehead atoms. The first kappa shape index (κ1) is 13.2. The van der Waals surface area contributed by atoms with Crippen molar-refractivity contribution in [1.82, 2.24) is 4.90 Å². The lowest BCUT2D eigenvalue weighted by atomic mass is 10.2. The highest BCUT2D eigenvalue weighted by molar-refractivity contribution is 9.10. The van der Waals surface area contributed by atoms with Crippen LogP contribution >= 0.6 is 39.3 Å². The first-order valence-corrected chi connectivity index (χ1v) is 7.43. The Hall–Kier alpha value is -0.260. The first-order chi connectivity index (χ1) is 8.09. The number of carbonyl (C=O) groups is 1. The zero-order valence-corrected chi connectivity index (χ0v) is 12.0. The van der Waals surface area contributed by atoms with Crippen LogP contribution in [0.2, 0.25) is 5.02 Å². The Morgan fingerprint density at radius 2 is 2.06 bits per heavy atom. The highest BCUT2D eigenvalue weighted by atomic mass is 79.9. The van der Waals surface area contributed by atoms with E-state index in [2.05, 4.69) is 15.9 Å². The van der Waals surface area contributed by atoms with E-state index in [4.69, 9.17) is 11.6 Å². The van der Waals surface area contributed by atoms with Crippen LogP contribution in [0.15, 0.2) is 16.6 Å². The average Bonchev–Trinajstić information content (AvgIpc) is 2.28. The lowest BCUT2D eigenvalue weighted by Gasteiger charge is -2.26. The molecule has 0 unspecified atom stereocenters. The van der Waals surface area contributed by atoms with E-state index >= 15 is 0 Å². The van der Waals surface area contributed by atoms with Crippen LogP contribution in [0.4, 0.5) is 4.39 Å². The fourth-order valence-corrected chi connectivity index (χ4v) is 3.42. The highest BCUT2D eigenvalue weighted by Gasteiger charge is 2.24. The number of nitrogens with zero attached hydrogens (tertiary/aromatic N) is 1. The van der Waals surface area contributed by atoms with Crippen molar-refractivity contribution in [2.45, 2.75) is 0 Å². The van der Waals surface area contributed by atoms with Gasteiger partial charge in [0, 0.05) is 29.1 Å². The molecule has 1 amide bonds. The smallest absolute Gasteiger partial charge is 0.258 e.